The molecule has 0 saturated carbocycles. The Hall–Kier alpha value is -1.47. The highest BCUT2D eigenvalue weighted by Gasteiger charge is 2.16. The molecule has 0 saturated heterocycles. The van der Waals surface area contributed by atoms with Crippen LogP contribution in [0.1, 0.15) is 27.8 Å². The number of fused-ring (bicyclic) bond motifs is 2. The number of rotatable bonds is 6. The number of nitrogens with two attached hydrogens (primary N) is 1. The van der Waals surface area contributed by atoms with E-state index in [2.05, 4.69) is 21.4 Å². The number of nitrogens with zero attached hydrogens (tertiary/aromatic N) is 3. The molecular weight excluding hydrogens is 389 g/mol. The van der Waals surface area contributed by atoms with Crippen LogP contribution in [0.2, 0.25) is 0 Å². The van der Waals surface area contributed by atoms with Crippen LogP contribution < -0.4 is 11.1 Å². The molecule has 4 rings (SSSR count). The van der Waals surface area contributed by atoms with Gasteiger partial charge in [-0.05, 0) is 37.9 Å². The molecule has 3 aromatic rings. The highest BCUT2D eigenvalue weighted by atomic mass is 35.5. The van der Waals surface area contributed by atoms with Crippen molar-refractivity contribution >= 4 is 52.9 Å². The molecule has 1 aromatic carbocycles. The second-order valence-electron chi connectivity index (χ2n) is 6.05. The Morgan fingerprint density at radius 1 is 1.04 bits per heavy atom. The quantitative estimate of drug-likeness (QED) is 0.647. The minimum atomic E-state index is 0. The summed E-state index contributed by atoms with van der Waals surface area (Å²) in [5.41, 5.74) is 7.95. The molecule has 140 valence electrons. The summed E-state index contributed by atoms with van der Waals surface area (Å²) in [7, 11) is 0. The van der Waals surface area contributed by atoms with E-state index in [4.69, 9.17) is 10.7 Å². The topological polar surface area (TPSA) is 76.7 Å². The van der Waals surface area contributed by atoms with E-state index in [-0.39, 0.29) is 24.8 Å². The van der Waals surface area contributed by atoms with E-state index in [1.807, 2.05) is 29.5 Å². The molecule has 0 bridgehead atoms. The van der Waals surface area contributed by atoms with Gasteiger partial charge >= 0.3 is 0 Å². The van der Waals surface area contributed by atoms with Crippen LogP contribution in [0.3, 0.4) is 0 Å². The molecule has 2 heterocycles. The summed E-state index contributed by atoms with van der Waals surface area (Å²) in [6, 6.07) is 8.10. The number of thiazole rings is 1. The monoisotopic (exact) mass is 411 g/mol. The van der Waals surface area contributed by atoms with Crippen molar-refractivity contribution in [2.45, 2.75) is 32.1 Å². The Kier molecular flexibility index (Phi) is 7.58. The SMILES string of the molecule is Cl.Cl.NCCc1nc(NCCc2nc3c(s2)CCC3)c2ccccc2n1. The number of nitrogens with one attached hydrogen (secondary N) is 1. The molecule has 0 atom stereocenters. The molecule has 26 heavy (non-hydrogen) atoms. The molecule has 3 N–H and O–H groups in total. The van der Waals surface area contributed by atoms with Gasteiger partial charge in [0, 0.05) is 29.6 Å². The zero-order chi connectivity index (χ0) is 16.4. The van der Waals surface area contributed by atoms with Gasteiger partial charge in [-0.2, -0.15) is 0 Å². The van der Waals surface area contributed by atoms with Crippen molar-refractivity contribution in [1.29, 1.82) is 0 Å². The van der Waals surface area contributed by atoms with E-state index in [0.717, 1.165) is 41.9 Å². The maximum absolute atomic E-state index is 5.66. The Labute approximate surface area is 169 Å². The third-order valence-electron chi connectivity index (χ3n) is 4.29. The molecule has 0 fully saturated rings. The van der Waals surface area contributed by atoms with Crippen LogP contribution in [0, 0.1) is 0 Å². The Morgan fingerprint density at radius 2 is 1.88 bits per heavy atom. The molecule has 0 amide bonds. The first kappa shape index (κ1) is 20.8. The smallest absolute Gasteiger partial charge is 0.137 e. The van der Waals surface area contributed by atoms with Crippen molar-refractivity contribution < 1.29 is 0 Å². The molecule has 1 aliphatic rings. The number of aryl methyl sites for hydroxylation is 2. The minimum Gasteiger partial charge on any atom is -0.369 e. The predicted molar refractivity (Wildman–Crippen MR) is 113 cm³/mol. The molecule has 5 nitrogen and oxygen atoms in total. The Bertz CT molecular complexity index is 846. The van der Waals surface area contributed by atoms with E-state index in [0.29, 0.717) is 13.0 Å². The summed E-state index contributed by atoms with van der Waals surface area (Å²) in [6.45, 7) is 1.39. The van der Waals surface area contributed by atoms with E-state index < -0.39 is 0 Å². The fraction of sp³-hybridized carbons (Fsp3) is 0.389. The van der Waals surface area contributed by atoms with Gasteiger partial charge in [0.15, 0.2) is 0 Å². The lowest BCUT2D eigenvalue weighted by molar-refractivity contribution is 0.872. The first-order valence-electron chi connectivity index (χ1n) is 8.50. The normalized spacial score (nSPS) is 12.3. The summed E-state index contributed by atoms with van der Waals surface area (Å²) in [5, 5.41) is 5.76. The van der Waals surface area contributed by atoms with E-state index in [1.165, 1.54) is 28.4 Å². The van der Waals surface area contributed by atoms with Crippen LogP contribution in [-0.4, -0.2) is 28.0 Å². The van der Waals surface area contributed by atoms with E-state index in [9.17, 15) is 0 Å². The van der Waals surface area contributed by atoms with Crippen LogP contribution in [0.5, 0.6) is 0 Å². The van der Waals surface area contributed by atoms with Crippen molar-refractivity contribution in [3.8, 4) is 0 Å². The first-order chi connectivity index (χ1) is 11.8. The summed E-state index contributed by atoms with van der Waals surface area (Å²) in [6.07, 6.45) is 5.25. The number of para-hydroxylation sites is 1. The van der Waals surface area contributed by atoms with Crippen molar-refractivity contribution in [3.63, 3.8) is 0 Å². The maximum atomic E-state index is 5.66. The first-order valence-corrected chi connectivity index (χ1v) is 9.32. The average molecular weight is 412 g/mol. The van der Waals surface area contributed by atoms with Crippen molar-refractivity contribution in [2.75, 3.05) is 18.4 Å². The fourth-order valence-corrected chi connectivity index (χ4v) is 4.30. The summed E-state index contributed by atoms with van der Waals surface area (Å²) < 4.78 is 0. The largest absolute Gasteiger partial charge is 0.369 e. The van der Waals surface area contributed by atoms with Gasteiger partial charge < -0.3 is 11.1 Å². The highest BCUT2D eigenvalue weighted by molar-refractivity contribution is 7.11. The molecule has 0 aliphatic heterocycles. The number of halogens is 2. The Balaban J connectivity index is 0.00000121. The third-order valence-corrected chi connectivity index (χ3v) is 5.51. The van der Waals surface area contributed by atoms with Crippen LogP contribution in [0.15, 0.2) is 24.3 Å². The molecule has 8 heteroatoms. The van der Waals surface area contributed by atoms with Crippen molar-refractivity contribution in [2.24, 2.45) is 5.73 Å². The molecule has 2 aromatic heterocycles. The van der Waals surface area contributed by atoms with Gasteiger partial charge in [0.25, 0.3) is 0 Å². The summed E-state index contributed by atoms with van der Waals surface area (Å²) in [4.78, 5) is 15.5. The van der Waals surface area contributed by atoms with Crippen molar-refractivity contribution in [1.82, 2.24) is 15.0 Å². The average Bonchev–Trinajstić information content (AvgIpc) is 3.16. The molecule has 0 unspecified atom stereocenters. The van der Waals surface area contributed by atoms with E-state index in [1.54, 1.807) is 0 Å². The number of hydrogen-bond acceptors (Lipinski definition) is 6. The predicted octanol–water partition coefficient (Wildman–Crippen LogP) is 3.57. The van der Waals surface area contributed by atoms with E-state index >= 15 is 0 Å². The van der Waals surface area contributed by atoms with Crippen LogP contribution in [0.25, 0.3) is 10.9 Å². The molecular formula is C18H23Cl2N5S. The standard InChI is InChI=1S/C18H21N5S.2ClH/c19-10-8-16-21-13-5-2-1-4-12(13)18(23-16)20-11-9-17-22-14-6-3-7-15(14)24-17;;/h1-2,4-5H,3,6-11,19H2,(H,20,21,23);2*1H. The Morgan fingerprint density at radius 3 is 2.69 bits per heavy atom. The van der Waals surface area contributed by atoms with Crippen molar-refractivity contribution in [3.05, 3.63) is 45.7 Å². The number of aromatic nitrogens is 3. The second kappa shape index (κ2) is 9.46. The highest BCUT2D eigenvalue weighted by Crippen LogP contribution is 2.28. The lowest BCUT2D eigenvalue weighted by Gasteiger charge is -2.10. The van der Waals surface area contributed by atoms with Crippen LogP contribution >= 0.6 is 36.2 Å². The summed E-state index contributed by atoms with van der Waals surface area (Å²) >= 11 is 1.87. The van der Waals surface area contributed by atoms with Crippen LogP contribution in [0.4, 0.5) is 5.82 Å². The minimum absolute atomic E-state index is 0. The third kappa shape index (κ3) is 4.43. The fourth-order valence-electron chi connectivity index (χ4n) is 3.14. The zero-order valence-corrected chi connectivity index (χ0v) is 16.9. The van der Waals surface area contributed by atoms with Crippen LogP contribution in [-0.2, 0) is 25.7 Å². The van der Waals surface area contributed by atoms with Gasteiger partial charge in [0.05, 0.1) is 16.2 Å². The number of hydrogen-bond donors (Lipinski definition) is 2. The maximum Gasteiger partial charge on any atom is 0.137 e. The molecule has 1 aliphatic carbocycles. The van der Waals surface area contributed by atoms with Gasteiger partial charge in [0.2, 0.25) is 0 Å². The molecule has 0 spiro atoms. The van der Waals surface area contributed by atoms with Gasteiger partial charge in [-0.1, -0.05) is 12.1 Å². The number of anilines is 1. The van der Waals surface area contributed by atoms with Gasteiger partial charge in [-0.3, -0.25) is 0 Å². The van der Waals surface area contributed by atoms with Gasteiger partial charge in [-0.15, -0.1) is 36.2 Å². The zero-order valence-electron chi connectivity index (χ0n) is 14.4. The van der Waals surface area contributed by atoms with Gasteiger partial charge in [-0.25, -0.2) is 15.0 Å². The lowest BCUT2D eigenvalue weighted by Crippen LogP contribution is -2.11. The summed E-state index contributed by atoms with van der Waals surface area (Å²) in [5.74, 6) is 1.69. The van der Waals surface area contributed by atoms with Gasteiger partial charge in [0.1, 0.15) is 11.6 Å². The molecule has 0 radical (unpaired) electrons. The number of benzene rings is 1. The lowest BCUT2D eigenvalue weighted by atomic mass is 10.2. The second-order valence-corrected chi connectivity index (χ2v) is 7.22.